The first-order valence-corrected chi connectivity index (χ1v) is 7.92. The molecule has 1 rings (SSSR count). The molecular weight excluding hydrogens is 338 g/mol. The zero-order valence-electron chi connectivity index (χ0n) is 14.7. The summed E-state index contributed by atoms with van der Waals surface area (Å²) in [6.07, 6.45) is -6.92. The molecule has 10 nitrogen and oxygen atoms in total. The second kappa shape index (κ2) is 10.00. The molecule has 0 radical (unpaired) electrons. The van der Waals surface area contributed by atoms with Crippen molar-refractivity contribution >= 4 is 11.9 Å². The third-order valence-electron chi connectivity index (χ3n) is 3.90. The van der Waals surface area contributed by atoms with E-state index in [1.807, 2.05) is 0 Å². The molecule has 1 aliphatic rings. The molecular formula is C15H27NO9. The molecule has 1 fully saturated rings. The van der Waals surface area contributed by atoms with Gasteiger partial charge in [-0.05, 0) is 6.92 Å². The van der Waals surface area contributed by atoms with Crippen molar-refractivity contribution in [3.8, 4) is 0 Å². The Kier molecular flexibility index (Phi) is 8.69. The lowest BCUT2D eigenvalue weighted by atomic mass is 9.98. The van der Waals surface area contributed by atoms with Crippen LogP contribution in [0.1, 0.15) is 20.8 Å². The summed E-state index contributed by atoms with van der Waals surface area (Å²) in [5.41, 5.74) is 0. The fourth-order valence-electron chi connectivity index (χ4n) is 2.41. The Morgan fingerprint density at radius 2 is 1.68 bits per heavy atom. The van der Waals surface area contributed by atoms with Crippen LogP contribution in [0.2, 0.25) is 0 Å². The van der Waals surface area contributed by atoms with Crippen molar-refractivity contribution in [1.29, 1.82) is 0 Å². The third kappa shape index (κ3) is 6.49. The molecule has 0 aliphatic carbocycles. The minimum absolute atomic E-state index is 0.00906. The van der Waals surface area contributed by atoms with E-state index in [9.17, 15) is 24.9 Å². The number of hydrogen-bond donors (Lipinski definition) is 4. The van der Waals surface area contributed by atoms with Gasteiger partial charge in [0.2, 0.25) is 0 Å². The van der Waals surface area contributed by atoms with Crippen LogP contribution in [0.4, 0.5) is 0 Å². The number of ether oxygens (including phenoxy) is 4. The summed E-state index contributed by atoms with van der Waals surface area (Å²) in [5, 5.41) is 32.9. The highest BCUT2D eigenvalue weighted by molar-refractivity contribution is 5.66. The van der Waals surface area contributed by atoms with Crippen LogP contribution in [0.15, 0.2) is 0 Å². The molecule has 0 aromatic heterocycles. The first-order valence-electron chi connectivity index (χ1n) is 7.92. The fraction of sp³-hybridized carbons (Fsp3) is 0.867. The van der Waals surface area contributed by atoms with E-state index in [1.54, 1.807) is 6.92 Å². The van der Waals surface area contributed by atoms with Gasteiger partial charge in [0.1, 0.15) is 50.0 Å². The van der Waals surface area contributed by atoms with Crippen molar-refractivity contribution in [2.24, 2.45) is 0 Å². The van der Waals surface area contributed by atoms with Crippen molar-refractivity contribution < 1.29 is 43.9 Å². The van der Waals surface area contributed by atoms with Gasteiger partial charge in [-0.15, -0.1) is 0 Å². The SMILES string of the molecule is COC(COC(C)=O)C(C)NC1OC(COC(C)=O)C(O)C(O)C1O. The Balaban J connectivity index is 2.69. The molecule has 0 aromatic carbocycles. The first kappa shape index (κ1) is 21.7. The van der Waals surface area contributed by atoms with Crippen LogP contribution in [-0.2, 0) is 28.5 Å². The summed E-state index contributed by atoms with van der Waals surface area (Å²) in [6, 6.07) is -0.430. The highest BCUT2D eigenvalue weighted by Gasteiger charge is 2.44. The van der Waals surface area contributed by atoms with Crippen molar-refractivity contribution in [3.05, 3.63) is 0 Å². The third-order valence-corrected chi connectivity index (χ3v) is 3.90. The molecule has 0 aromatic rings. The van der Waals surface area contributed by atoms with E-state index in [-0.39, 0.29) is 13.2 Å². The number of aliphatic hydroxyl groups excluding tert-OH is 3. The number of rotatable bonds is 8. The van der Waals surface area contributed by atoms with Gasteiger partial charge in [0.05, 0.1) is 0 Å². The zero-order chi connectivity index (χ0) is 19.1. The Morgan fingerprint density at radius 3 is 2.20 bits per heavy atom. The minimum atomic E-state index is -1.49. The smallest absolute Gasteiger partial charge is 0.302 e. The molecule has 25 heavy (non-hydrogen) atoms. The largest absolute Gasteiger partial charge is 0.463 e. The number of carbonyl (C=O) groups excluding carboxylic acids is 2. The van der Waals surface area contributed by atoms with Gasteiger partial charge in [-0.25, -0.2) is 0 Å². The van der Waals surface area contributed by atoms with Gasteiger partial charge in [0.25, 0.3) is 0 Å². The Labute approximate surface area is 146 Å². The molecule has 0 amide bonds. The number of hydrogen-bond acceptors (Lipinski definition) is 10. The molecule has 1 saturated heterocycles. The second-order valence-electron chi connectivity index (χ2n) is 5.90. The quantitative estimate of drug-likeness (QED) is 0.354. The van der Waals surface area contributed by atoms with Gasteiger partial charge in [-0.3, -0.25) is 14.9 Å². The lowest BCUT2D eigenvalue weighted by molar-refractivity contribution is -0.241. The average molecular weight is 365 g/mol. The number of carbonyl (C=O) groups is 2. The van der Waals surface area contributed by atoms with Crippen LogP contribution < -0.4 is 5.32 Å². The van der Waals surface area contributed by atoms with E-state index >= 15 is 0 Å². The van der Waals surface area contributed by atoms with Gasteiger partial charge in [0.15, 0.2) is 0 Å². The lowest BCUT2D eigenvalue weighted by Crippen LogP contribution is -2.64. The molecule has 146 valence electrons. The van der Waals surface area contributed by atoms with Crippen LogP contribution in [0.3, 0.4) is 0 Å². The van der Waals surface area contributed by atoms with E-state index in [0.717, 1.165) is 0 Å². The standard InChI is InChI=1S/C15H27NO9/c1-7(10(22-4)5-23-8(2)17)16-15-14(21)13(20)12(19)11(25-15)6-24-9(3)18/h7,10-16,19-21H,5-6H2,1-4H3. The average Bonchev–Trinajstić information content (AvgIpc) is 2.54. The van der Waals surface area contributed by atoms with Gasteiger partial charge in [0, 0.05) is 27.0 Å². The summed E-state index contributed by atoms with van der Waals surface area (Å²) >= 11 is 0. The topological polar surface area (TPSA) is 144 Å². The second-order valence-corrected chi connectivity index (χ2v) is 5.90. The van der Waals surface area contributed by atoms with Crippen LogP contribution in [-0.4, -0.2) is 90.4 Å². The Bertz CT molecular complexity index is 447. The molecule has 1 aliphatic heterocycles. The molecule has 10 heteroatoms. The first-order chi connectivity index (χ1) is 11.7. The molecule has 4 N–H and O–H groups in total. The summed E-state index contributed by atoms with van der Waals surface area (Å²) in [7, 11) is 1.44. The number of aliphatic hydroxyl groups is 3. The predicted molar refractivity (Wildman–Crippen MR) is 83.3 cm³/mol. The Morgan fingerprint density at radius 1 is 1.08 bits per heavy atom. The van der Waals surface area contributed by atoms with Crippen LogP contribution >= 0.6 is 0 Å². The maximum atomic E-state index is 10.9. The van der Waals surface area contributed by atoms with Gasteiger partial charge in [-0.2, -0.15) is 0 Å². The van der Waals surface area contributed by atoms with E-state index in [0.29, 0.717) is 0 Å². The molecule has 0 bridgehead atoms. The maximum Gasteiger partial charge on any atom is 0.302 e. The van der Waals surface area contributed by atoms with Crippen molar-refractivity contribution in [3.63, 3.8) is 0 Å². The molecule has 0 saturated carbocycles. The monoisotopic (exact) mass is 365 g/mol. The highest BCUT2D eigenvalue weighted by Crippen LogP contribution is 2.21. The zero-order valence-corrected chi connectivity index (χ0v) is 14.7. The van der Waals surface area contributed by atoms with E-state index in [4.69, 9.17) is 18.9 Å². The van der Waals surface area contributed by atoms with E-state index < -0.39 is 54.7 Å². The summed E-state index contributed by atoms with van der Waals surface area (Å²) in [6.45, 7) is 3.91. The minimum Gasteiger partial charge on any atom is -0.463 e. The molecule has 1 heterocycles. The van der Waals surface area contributed by atoms with Crippen LogP contribution in [0.5, 0.6) is 0 Å². The normalized spacial score (nSPS) is 31.9. The van der Waals surface area contributed by atoms with Crippen molar-refractivity contribution in [2.75, 3.05) is 20.3 Å². The summed E-state index contributed by atoms with van der Waals surface area (Å²) in [5.74, 6) is -1.02. The van der Waals surface area contributed by atoms with E-state index in [2.05, 4.69) is 5.32 Å². The number of esters is 2. The van der Waals surface area contributed by atoms with Crippen molar-refractivity contribution in [1.82, 2.24) is 5.32 Å². The molecule has 0 spiro atoms. The highest BCUT2D eigenvalue weighted by atomic mass is 16.6. The maximum absolute atomic E-state index is 10.9. The fourth-order valence-corrected chi connectivity index (χ4v) is 2.41. The summed E-state index contributed by atoms with van der Waals surface area (Å²) < 4.78 is 20.4. The predicted octanol–water partition coefficient (Wildman–Crippen LogP) is -2.09. The van der Waals surface area contributed by atoms with E-state index in [1.165, 1.54) is 21.0 Å². The van der Waals surface area contributed by atoms with Gasteiger partial charge >= 0.3 is 11.9 Å². The van der Waals surface area contributed by atoms with Crippen molar-refractivity contribution in [2.45, 2.75) is 63.6 Å². The van der Waals surface area contributed by atoms with Gasteiger partial charge < -0.3 is 34.3 Å². The van der Waals surface area contributed by atoms with Crippen LogP contribution in [0.25, 0.3) is 0 Å². The number of methoxy groups -OCH3 is 1. The van der Waals surface area contributed by atoms with Gasteiger partial charge in [-0.1, -0.05) is 0 Å². The lowest BCUT2D eigenvalue weighted by Gasteiger charge is -2.42. The molecule has 7 atom stereocenters. The van der Waals surface area contributed by atoms with Crippen LogP contribution in [0, 0.1) is 0 Å². The Hall–Kier alpha value is -1.30. The molecule has 7 unspecified atom stereocenters. The number of nitrogens with one attached hydrogen (secondary N) is 1. The summed E-state index contributed by atoms with van der Waals surface area (Å²) in [4.78, 5) is 21.8.